The topological polar surface area (TPSA) is 55.8 Å². The Bertz CT molecular complexity index is 332. The Morgan fingerprint density at radius 2 is 2.11 bits per heavy atom. The highest BCUT2D eigenvalue weighted by Gasteiger charge is 2.37. The Labute approximate surface area is 108 Å². The van der Waals surface area contributed by atoms with Crippen molar-refractivity contribution >= 4 is 12.1 Å². The summed E-state index contributed by atoms with van der Waals surface area (Å²) >= 11 is 0. The van der Waals surface area contributed by atoms with Crippen LogP contribution in [-0.2, 0) is 14.3 Å². The number of likely N-dealkylation sites (tertiary alicyclic amines) is 1. The van der Waals surface area contributed by atoms with Gasteiger partial charge in [-0.05, 0) is 33.6 Å². The van der Waals surface area contributed by atoms with Crippen LogP contribution in [0.5, 0.6) is 0 Å². The normalized spacial score (nSPS) is 19.5. The number of hydrogen-bond acceptors (Lipinski definition) is 4. The molecule has 1 amide bonds. The van der Waals surface area contributed by atoms with Crippen molar-refractivity contribution in [3.63, 3.8) is 0 Å². The van der Waals surface area contributed by atoms with Gasteiger partial charge in [-0.2, -0.15) is 0 Å². The summed E-state index contributed by atoms with van der Waals surface area (Å²) in [6, 6.07) is -0.526. The summed E-state index contributed by atoms with van der Waals surface area (Å²) in [7, 11) is 0. The van der Waals surface area contributed by atoms with Crippen LogP contribution >= 0.6 is 0 Å². The van der Waals surface area contributed by atoms with Crippen LogP contribution in [-0.4, -0.2) is 41.8 Å². The van der Waals surface area contributed by atoms with Crippen LogP contribution in [0.25, 0.3) is 0 Å². The zero-order valence-corrected chi connectivity index (χ0v) is 11.3. The molecule has 1 saturated heterocycles. The first kappa shape index (κ1) is 14.5. The highest BCUT2D eigenvalue weighted by molar-refractivity contribution is 5.82. The van der Waals surface area contributed by atoms with Gasteiger partial charge in [-0.1, -0.05) is 12.7 Å². The third-order valence-corrected chi connectivity index (χ3v) is 2.49. The Morgan fingerprint density at radius 1 is 1.44 bits per heavy atom. The summed E-state index contributed by atoms with van der Waals surface area (Å²) < 4.78 is 10.2. The minimum absolute atomic E-state index is 0.149. The lowest BCUT2D eigenvalue weighted by Gasteiger charge is -2.26. The summed E-state index contributed by atoms with van der Waals surface area (Å²) in [5.41, 5.74) is -0.545. The van der Waals surface area contributed by atoms with E-state index in [0.717, 1.165) is 6.42 Å². The predicted molar refractivity (Wildman–Crippen MR) is 67.1 cm³/mol. The fraction of sp³-hybridized carbons (Fsp3) is 0.692. The van der Waals surface area contributed by atoms with Gasteiger partial charge >= 0.3 is 12.1 Å². The van der Waals surface area contributed by atoms with Gasteiger partial charge < -0.3 is 9.47 Å². The van der Waals surface area contributed by atoms with Crippen molar-refractivity contribution in [2.75, 3.05) is 13.2 Å². The molecule has 1 aliphatic rings. The summed E-state index contributed by atoms with van der Waals surface area (Å²) in [4.78, 5) is 25.1. The molecule has 0 N–H and O–H groups in total. The number of nitrogens with zero attached hydrogens (tertiary/aromatic N) is 1. The van der Waals surface area contributed by atoms with Crippen LogP contribution < -0.4 is 0 Å². The summed E-state index contributed by atoms with van der Waals surface area (Å²) in [6.07, 6.45) is 2.42. The Balaban J connectivity index is 2.61. The minimum Gasteiger partial charge on any atom is -0.458 e. The van der Waals surface area contributed by atoms with Gasteiger partial charge in [-0.3, -0.25) is 4.90 Å². The van der Waals surface area contributed by atoms with Gasteiger partial charge in [0.1, 0.15) is 18.2 Å². The molecule has 0 aromatic rings. The van der Waals surface area contributed by atoms with E-state index in [1.807, 2.05) is 0 Å². The van der Waals surface area contributed by atoms with Crippen LogP contribution in [0, 0.1) is 0 Å². The number of carbonyl (C=O) groups is 2. The summed E-state index contributed by atoms with van der Waals surface area (Å²) in [5, 5.41) is 0. The van der Waals surface area contributed by atoms with Gasteiger partial charge in [0, 0.05) is 6.54 Å². The van der Waals surface area contributed by atoms with E-state index < -0.39 is 17.7 Å². The molecule has 0 aromatic carbocycles. The second-order valence-corrected chi connectivity index (χ2v) is 5.25. The molecule has 1 aliphatic heterocycles. The molecule has 1 fully saturated rings. The van der Waals surface area contributed by atoms with E-state index in [0.29, 0.717) is 13.0 Å². The number of rotatable bonds is 3. The number of carbonyl (C=O) groups excluding carboxylic acids is 2. The van der Waals surface area contributed by atoms with Gasteiger partial charge in [0.15, 0.2) is 0 Å². The SMILES string of the molecule is C=CCOC(=O)N1CCC[C@H]1C(=O)OC(C)(C)C. The molecule has 0 radical (unpaired) electrons. The van der Waals surface area contributed by atoms with Crippen molar-refractivity contribution in [1.82, 2.24) is 4.90 Å². The monoisotopic (exact) mass is 255 g/mol. The van der Waals surface area contributed by atoms with E-state index in [4.69, 9.17) is 9.47 Å². The molecular formula is C13H21NO4. The van der Waals surface area contributed by atoms with E-state index in [1.165, 1.54) is 11.0 Å². The van der Waals surface area contributed by atoms with Gasteiger partial charge in [-0.15, -0.1) is 0 Å². The molecule has 0 aromatic heterocycles. The van der Waals surface area contributed by atoms with Crippen molar-refractivity contribution in [3.8, 4) is 0 Å². The first-order chi connectivity index (χ1) is 8.35. The Kier molecular flexibility index (Phi) is 4.76. The second kappa shape index (κ2) is 5.89. The smallest absolute Gasteiger partial charge is 0.410 e. The molecule has 0 spiro atoms. The molecule has 1 atom stereocenters. The lowest BCUT2D eigenvalue weighted by atomic mass is 10.1. The van der Waals surface area contributed by atoms with Gasteiger partial charge in [0.25, 0.3) is 0 Å². The summed E-state index contributed by atoms with van der Waals surface area (Å²) in [6.45, 7) is 9.57. The molecule has 5 nitrogen and oxygen atoms in total. The van der Waals surface area contributed by atoms with Gasteiger partial charge in [0.2, 0.25) is 0 Å². The number of hydrogen-bond donors (Lipinski definition) is 0. The van der Waals surface area contributed by atoms with Crippen LogP contribution in [0.2, 0.25) is 0 Å². The maximum atomic E-state index is 12.0. The molecular weight excluding hydrogens is 234 g/mol. The minimum atomic E-state index is -0.545. The van der Waals surface area contributed by atoms with E-state index in [2.05, 4.69) is 6.58 Å². The highest BCUT2D eigenvalue weighted by atomic mass is 16.6. The molecule has 0 bridgehead atoms. The van der Waals surface area contributed by atoms with E-state index in [1.54, 1.807) is 20.8 Å². The summed E-state index contributed by atoms with van der Waals surface area (Å²) in [5.74, 6) is -0.365. The zero-order valence-electron chi connectivity index (χ0n) is 11.3. The number of amides is 1. The Hall–Kier alpha value is -1.52. The van der Waals surface area contributed by atoms with Crippen molar-refractivity contribution < 1.29 is 19.1 Å². The average molecular weight is 255 g/mol. The fourth-order valence-electron chi connectivity index (χ4n) is 1.81. The molecule has 1 heterocycles. The van der Waals surface area contributed by atoms with Crippen LogP contribution in [0.1, 0.15) is 33.6 Å². The number of esters is 1. The van der Waals surface area contributed by atoms with Gasteiger partial charge in [0.05, 0.1) is 0 Å². The lowest BCUT2D eigenvalue weighted by molar-refractivity contribution is -0.159. The molecule has 0 unspecified atom stereocenters. The van der Waals surface area contributed by atoms with E-state index in [-0.39, 0.29) is 12.6 Å². The first-order valence-electron chi connectivity index (χ1n) is 6.12. The lowest BCUT2D eigenvalue weighted by Crippen LogP contribution is -2.43. The Morgan fingerprint density at radius 3 is 2.67 bits per heavy atom. The fourth-order valence-corrected chi connectivity index (χ4v) is 1.81. The van der Waals surface area contributed by atoms with Crippen molar-refractivity contribution in [1.29, 1.82) is 0 Å². The van der Waals surface area contributed by atoms with E-state index in [9.17, 15) is 9.59 Å². The molecule has 0 saturated carbocycles. The number of ether oxygens (including phenoxy) is 2. The standard InChI is InChI=1S/C13H21NO4/c1-5-9-17-12(16)14-8-6-7-10(14)11(15)18-13(2,3)4/h5,10H,1,6-9H2,2-4H3/t10-/m0/s1. The molecule has 18 heavy (non-hydrogen) atoms. The van der Waals surface area contributed by atoms with Crippen molar-refractivity contribution in [2.24, 2.45) is 0 Å². The van der Waals surface area contributed by atoms with E-state index >= 15 is 0 Å². The van der Waals surface area contributed by atoms with Crippen LogP contribution in [0.15, 0.2) is 12.7 Å². The first-order valence-corrected chi connectivity index (χ1v) is 6.12. The maximum Gasteiger partial charge on any atom is 0.410 e. The van der Waals surface area contributed by atoms with Crippen LogP contribution in [0.4, 0.5) is 4.79 Å². The van der Waals surface area contributed by atoms with Crippen molar-refractivity contribution in [3.05, 3.63) is 12.7 Å². The maximum absolute atomic E-state index is 12.0. The third kappa shape index (κ3) is 4.05. The third-order valence-electron chi connectivity index (χ3n) is 2.49. The van der Waals surface area contributed by atoms with Gasteiger partial charge in [-0.25, -0.2) is 9.59 Å². The second-order valence-electron chi connectivity index (χ2n) is 5.25. The molecule has 0 aliphatic carbocycles. The quantitative estimate of drug-likeness (QED) is 0.572. The molecule has 5 heteroatoms. The highest BCUT2D eigenvalue weighted by Crippen LogP contribution is 2.21. The zero-order chi connectivity index (χ0) is 13.8. The van der Waals surface area contributed by atoms with Crippen LogP contribution in [0.3, 0.4) is 0 Å². The largest absolute Gasteiger partial charge is 0.458 e. The molecule has 1 rings (SSSR count). The molecule has 102 valence electrons. The van der Waals surface area contributed by atoms with Crippen molar-refractivity contribution in [2.45, 2.75) is 45.3 Å². The predicted octanol–water partition coefficient (Wildman–Crippen LogP) is 2.12. The average Bonchev–Trinajstić information content (AvgIpc) is 2.72.